The number of thiophene rings is 1. The highest BCUT2D eigenvalue weighted by molar-refractivity contribution is 7.91. The Balaban J connectivity index is 1.82. The largest absolute Gasteiger partial charge is 0.355 e. The normalized spacial score (nSPS) is 12.2. The molecular weight excluding hydrogens is 399 g/mol. The summed E-state index contributed by atoms with van der Waals surface area (Å²) in [4.78, 5) is 6.02. The summed E-state index contributed by atoms with van der Waals surface area (Å²) in [6.45, 7) is 1.10. The number of halogens is 2. The number of aliphatic imine (C=N–C) groups is 1. The van der Waals surface area contributed by atoms with E-state index in [-0.39, 0.29) is 16.6 Å². The minimum atomic E-state index is -3.56. The van der Waals surface area contributed by atoms with Gasteiger partial charge in [-0.2, -0.15) is 0 Å². The van der Waals surface area contributed by atoms with Crippen molar-refractivity contribution in [1.29, 1.82) is 0 Å². The topological polar surface area (TPSA) is 73.8 Å². The van der Waals surface area contributed by atoms with Crippen LogP contribution in [-0.4, -0.2) is 46.5 Å². The molecule has 2 rings (SSSR count). The third kappa shape index (κ3) is 5.94. The van der Waals surface area contributed by atoms with E-state index >= 15 is 0 Å². The third-order valence-corrected chi connectivity index (χ3v) is 6.60. The van der Waals surface area contributed by atoms with Crippen molar-refractivity contribution in [3.05, 3.63) is 52.1 Å². The van der Waals surface area contributed by atoms with Gasteiger partial charge in [0.1, 0.15) is 10.0 Å². The van der Waals surface area contributed by atoms with Gasteiger partial charge in [0.2, 0.25) is 10.0 Å². The molecule has 142 valence electrons. The molecule has 0 aliphatic rings. The average molecular weight is 419 g/mol. The minimum absolute atomic E-state index is 0.181. The quantitative estimate of drug-likeness (QED) is 0.411. The summed E-state index contributed by atoms with van der Waals surface area (Å²) in [7, 11) is -0.0780. The minimum Gasteiger partial charge on any atom is -0.355 e. The molecule has 0 fully saturated rings. The second-order valence-corrected chi connectivity index (χ2v) is 9.12. The van der Waals surface area contributed by atoms with Gasteiger partial charge in [-0.15, -0.1) is 11.3 Å². The molecule has 0 unspecified atom stereocenters. The molecule has 0 bridgehead atoms. The van der Waals surface area contributed by atoms with Crippen LogP contribution in [0.3, 0.4) is 0 Å². The molecule has 0 radical (unpaired) electrons. The number of rotatable bonds is 7. The van der Waals surface area contributed by atoms with Gasteiger partial charge in [-0.3, -0.25) is 4.99 Å². The van der Waals surface area contributed by atoms with Gasteiger partial charge < -0.3 is 10.2 Å². The van der Waals surface area contributed by atoms with Crippen LogP contribution in [0.2, 0.25) is 4.34 Å². The summed E-state index contributed by atoms with van der Waals surface area (Å²) in [6.07, 6.45) is 0. The molecular formula is C16H20ClFN4O2S2. The van der Waals surface area contributed by atoms with E-state index in [4.69, 9.17) is 11.6 Å². The van der Waals surface area contributed by atoms with Gasteiger partial charge in [0.25, 0.3) is 0 Å². The summed E-state index contributed by atoms with van der Waals surface area (Å²) in [5, 5.41) is 3.08. The van der Waals surface area contributed by atoms with E-state index in [1.807, 2.05) is 11.9 Å². The molecule has 0 saturated carbocycles. The van der Waals surface area contributed by atoms with E-state index < -0.39 is 10.0 Å². The van der Waals surface area contributed by atoms with E-state index in [1.165, 1.54) is 18.2 Å². The molecule has 0 atom stereocenters. The highest BCUT2D eigenvalue weighted by atomic mass is 35.5. The zero-order valence-corrected chi connectivity index (χ0v) is 16.8. The smallest absolute Gasteiger partial charge is 0.250 e. The highest BCUT2D eigenvalue weighted by Gasteiger charge is 2.16. The second-order valence-electron chi connectivity index (χ2n) is 5.41. The van der Waals surface area contributed by atoms with E-state index in [0.717, 1.165) is 16.9 Å². The van der Waals surface area contributed by atoms with Gasteiger partial charge in [-0.05, 0) is 29.8 Å². The fraction of sp³-hybridized carbons (Fsp3) is 0.312. The maximum atomic E-state index is 13.0. The Kier molecular flexibility index (Phi) is 7.39. The van der Waals surface area contributed by atoms with Crippen LogP contribution in [0.1, 0.15) is 5.56 Å². The van der Waals surface area contributed by atoms with Gasteiger partial charge in [0.15, 0.2) is 5.96 Å². The van der Waals surface area contributed by atoms with Crippen LogP contribution in [0.25, 0.3) is 0 Å². The summed E-state index contributed by atoms with van der Waals surface area (Å²) in [5.74, 6) is 0.325. The van der Waals surface area contributed by atoms with Crippen LogP contribution in [0, 0.1) is 5.82 Å². The van der Waals surface area contributed by atoms with Crippen LogP contribution in [-0.2, 0) is 16.6 Å². The zero-order valence-electron chi connectivity index (χ0n) is 14.4. The molecule has 2 N–H and O–H groups in total. The van der Waals surface area contributed by atoms with Crippen molar-refractivity contribution >= 4 is 38.9 Å². The predicted molar refractivity (Wildman–Crippen MR) is 104 cm³/mol. The lowest BCUT2D eigenvalue weighted by atomic mass is 10.2. The number of nitrogens with one attached hydrogen (secondary N) is 2. The van der Waals surface area contributed by atoms with Crippen molar-refractivity contribution in [2.75, 3.05) is 27.2 Å². The van der Waals surface area contributed by atoms with Crippen LogP contribution in [0.4, 0.5) is 4.39 Å². The van der Waals surface area contributed by atoms with Crippen molar-refractivity contribution in [3.8, 4) is 0 Å². The van der Waals surface area contributed by atoms with Crippen LogP contribution >= 0.6 is 22.9 Å². The Labute approximate surface area is 161 Å². The van der Waals surface area contributed by atoms with E-state index in [2.05, 4.69) is 15.0 Å². The van der Waals surface area contributed by atoms with Crippen molar-refractivity contribution in [1.82, 2.24) is 14.9 Å². The fourth-order valence-electron chi connectivity index (χ4n) is 2.20. The van der Waals surface area contributed by atoms with Gasteiger partial charge in [0.05, 0.1) is 4.34 Å². The fourth-order valence-corrected chi connectivity index (χ4v) is 4.76. The van der Waals surface area contributed by atoms with Crippen molar-refractivity contribution in [2.24, 2.45) is 4.99 Å². The first kappa shape index (κ1) is 20.6. The third-order valence-electron chi connectivity index (χ3n) is 3.42. The Morgan fingerprint density at radius 2 is 1.92 bits per heavy atom. The Morgan fingerprint density at radius 3 is 2.50 bits per heavy atom. The number of hydrogen-bond acceptors (Lipinski definition) is 4. The SMILES string of the molecule is CN=C(NCCNS(=O)(=O)c1ccc(Cl)s1)N(C)Cc1ccc(F)cc1. The first-order chi connectivity index (χ1) is 12.3. The zero-order chi connectivity index (χ0) is 19.2. The molecule has 26 heavy (non-hydrogen) atoms. The monoisotopic (exact) mass is 418 g/mol. The van der Waals surface area contributed by atoms with Crippen LogP contribution in [0.5, 0.6) is 0 Å². The molecule has 2 aromatic rings. The maximum absolute atomic E-state index is 13.0. The van der Waals surface area contributed by atoms with E-state index in [1.54, 1.807) is 25.2 Å². The van der Waals surface area contributed by atoms with Crippen molar-refractivity contribution in [3.63, 3.8) is 0 Å². The number of guanidine groups is 1. The molecule has 1 heterocycles. The van der Waals surface area contributed by atoms with Crippen molar-refractivity contribution < 1.29 is 12.8 Å². The second kappa shape index (κ2) is 9.31. The van der Waals surface area contributed by atoms with Crippen LogP contribution in [0.15, 0.2) is 45.6 Å². The lowest BCUT2D eigenvalue weighted by Gasteiger charge is -2.22. The first-order valence-electron chi connectivity index (χ1n) is 7.73. The summed E-state index contributed by atoms with van der Waals surface area (Å²) in [5.41, 5.74) is 0.937. The number of nitrogens with zero attached hydrogens (tertiary/aromatic N) is 2. The molecule has 6 nitrogen and oxygen atoms in total. The van der Waals surface area contributed by atoms with Gasteiger partial charge in [-0.25, -0.2) is 17.5 Å². The standard InChI is InChI=1S/C16H20ClFN4O2S2/c1-19-16(22(2)11-12-3-5-13(18)6-4-12)20-9-10-21-26(23,24)15-8-7-14(17)25-15/h3-8,21H,9-11H2,1-2H3,(H,19,20). The van der Waals surface area contributed by atoms with E-state index in [0.29, 0.717) is 23.4 Å². The Morgan fingerprint density at radius 1 is 1.23 bits per heavy atom. The van der Waals surface area contributed by atoms with Gasteiger partial charge >= 0.3 is 0 Å². The Hall–Kier alpha value is -1.68. The lowest BCUT2D eigenvalue weighted by molar-refractivity contribution is 0.476. The van der Waals surface area contributed by atoms with E-state index in [9.17, 15) is 12.8 Å². The summed E-state index contributed by atoms with van der Waals surface area (Å²) < 4.78 is 40.3. The number of sulfonamides is 1. The summed E-state index contributed by atoms with van der Waals surface area (Å²) >= 11 is 6.78. The first-order valence-corrected chi connectivity index (χ1v) is 10.4. The molecule has 0 aliphatic carbocycles. The Bertz CT molecular complexity index is 853. The lowest BCUT2D eigenvalue weighted by Crippen LogP contribution is -2.42. The van der Waals surface area contributed by atoms with Crippen LogP contribution < -0.4 is 10.0 Å². The van der Waals surface area contributed by atoms with Gasteiger partial charge in [0, 0.05) is 33.7 Å². The molecule has 10 heteroatoms. The average Bonchev–Trinajstić information content (AvgIpc) is 3.04. The molecule has 1 aromatic carbocycles. The predicted octanol–water partition coefficient (Wildman–Crippen LogP) is 2.53. The summed E-state index contributed by atoms with van der Waals surface area (Å²) in [6, 6.07) is 9.25. The molecule has 0 saturated heterocycles. The highest BCUT2D eigenvalue weighted by Crippen LogP contribution is 2.25. The van der Waals surface area contributed by atoms with Gasteiger partial charge in [-0.1, -0.05) is 23.7 Å². The maximum Gasteiger partial charge on any atom is 0.250 e. The number of benzene rings is 1. The molecule has 0 aliphatic heterocycles. The molecule has 0 spiro atoms. The van der Waals surface area contributed by atoms with Crippen molar-refractivity contribution in [2.45, 2.75) is 10.8 Å². The molecule has 0 amide bonds. The molecule has 1 aromatic heterocycles. The number of hydrogen-bond donors (Lipinski definition) is 2.